The molecule has 0 saturated carbocycles. The molecule has 3 aromatic carbocycles. The van der Waals surface area contributed by atoms with Crippen molar-refractivity contribution in [1.29, 1.82) is 0 Å². The first-order chi connectivity index (χ1) is 12.2. The highest BCUT2D eigenvalue weighted by Gasteiger charge is 2.36. The molecule has 4 rings (SSSR count). The van der Waals surface area contributed by atoms with E-state index in [9.17, 15) is 0 Å². The van der Waals surface area contributed by atoms with Crippen molar-refractivity contribution in [2.45, 2.75) is 26.1 Å². The van der Waals surface area contributed by atoms with Crippen LogP contribution in [0, 0.1) is 0 Å². The monoisotopic (exact) mass is 328 g/mol. The highest BCUT2D eigenvalue weighted by Crippen LogP contribution is 2.27. The number of rotatable bonds is 3. The molecule has 1 aliphatic rings. The first-order valence-corrected chi connectivity index (χ1v) is 8.77. The van der Waals surface area contributed by atoms with Crippen LogP contribution in [0.5, 0.6) is 0 Å². The van der Waals surface area contributed by atoms with Gasteiger partial charge in [0, 0.05) is 0 Å². The molecule has 1 fully saturated rings. The van der Waals surface area contributed by atoms with Crippen molar-refractivity contribution in [3.05, 3.63) is 78.9 Å². The second-order valence-corrected chi connectivity index (χ2v) is 6.59. The van der Waals surface area contributed by atoms with E-state index in [-0.39, 0.29) is 19.3 Å². The highest BCUT2D eigenvalue weighted by molar-refractivity contribution is 6.62. The third-order valence-electron chi connectivity index (χ3n) is 4.78. The Morgan fingerprint density at radius 3 is 1.48 bits per heavy atom. The van der Waals surface area contributed by atoms with E-state index in [1.165, 1.54) is 22.3 Å². The van der Waals surface area contributed by atoms with Crippen LogP contribution in [0.15, 0.2) is 78.9 Å². The van der Waals surface area contributed by atoms with Crippen LogP contribution in [0.2, 0.25) is 0 Å². The smallest absolute Gasteiger partial charge is 0.402 e. The molecule has 3 aromatic rings. The molecule has 124 valence electrons. The third-order valence-corrected chi connectivity index (χ3v) is 4.78. The molecule has 2 atom stereocenters. The van der Waals surface area contributed by atoms with Crippen molar-refractivity contribution in [1.82, 2.24) is 0 Å². The van der Waals surface area contributed by atoms with Crippen LogP contribution in [0.25, 0.3) is 22.3 Å². The molecule has 0 aliphatic carbocycles. The Kier molecular flexibility index (Phi) is 4.43. The molecule has 0 spiro atoms. The van der Waals surface area contributed by atoms with Gasteiger partial charge < -0.3 is 9.31 Å². The van der Waals surface area contributed by atoms with Gasteiger partial charge in [0.15, 0.2) is 0 Å². The maximum atomic E-state index is 6.02. The molecule has 0 N–H and O–H groups in total. The lowest BCUT2D eigenvalue weighted by Gasteiger charge is -2.12. The molecule has 0 bridgehead atoms. The summed E-state index contributed by atoms with van der Waals surface area (Å²) in [6.07, 6.45) is 0.205. The van der Waals surface area contributed by atoms with Crippen molar-refractivity contribution in [2.75, 3.05) is 0 Å². The van der Waals surface area contributed by atoms with Crippen LogP contribution in [0.1, 0.15) is 13.8 Å². The van der Waals surface area contributed by atoms with Gasteiger partial charge in [0.1, 0.15) is 0 Å². The molecule has 0 amide bonds. The maximum absolute atomic E-state index is 6.02. The van der Waals surface area contributed by atoms with Gasteiger partial charge in [-0.25, -0.2) is 0 Å². The standard InChI is InChI=1S/C22H21BO2/c1-16-17(2)25-23(24-16)22-14-20(18-9-5-3-6-10-18)13-21(15-22)19-11-7-4-8-12-19/h3-17H,1-2H3. The molecular weight excluding hydrogens is 307 g/mol. The van der Waals surface area contributed by atoms with Crippen molar-refractivity contribution in [3.8, 4) is 22.3 Å². The van der Waals surface area contributed by atoms with Crippen LogP contribution in [-0.2, 0) is 9.31 Å². The van der Waals surface area contributed by atoms with Gasteiger partial charge in [0.05, 0.1) is 12.2 Å². The quantitative estimate of drug-likeness (QED) is 0.657. The van der Waals surface area contributed by atoms with Crippen LogP contribution >= 0.6 is 0 Å². The summed E-state index contributed by atoms with van der Waals surface area (Å²) in [5.41, 5.74) is 5.81. The summed E-state index contributed by atoms with van der Waals surface area (Å²) in [5, 5.41) is 0. The fraction of sp³-hybridized carbons (Fsp3) is 0.182. The number of hydrogen-bond acceptors (Lipinski definition) is 2. The Labute approximate surface area is 149 Å². The number of benzene rings is 3. The average Bonchev–Trinajstić information content (AvgIpc) is 3.02. The number of hydrogen-bond donors (Lipinski definition) is 0. The van der Waals surface area contributed by atoms with E-state index < -0.39 is 0 Å². The second kappa shape index (κ2) is 6.87. The van der Waals surface area contributed by atoms with E-state index in [1.54, 1.807) is 0 Å². The summed E-state index contributed by atoms with van der Waals surface area (Å²) in [5.74, 6) is 0. The first kappa shape index (κ1) is 16.1. The molecule has 0 radical (unpaired) electrons. The molecule has 2 nitrogen and oxygen atoms in total. The van der Waals surface area contributed by atoms with E-state index in [1.807, 2.05) is 12.1 Å². The summed E-state index contributed by atoms with van der Waals surface area (Å²) < 4.78 is 12.0. The van der Waals surface area contributed by atoms with Gasteiger partial charge in [0.25, 0.3) is 0 Å². The van der Waals surface area contributed by atoms with Crippen LogP contribution in [0.3, 0.4) is 0 Å². The zero-order valence-electron chi connectivity index (χ0n) is 14.6. The van der Waals surface area contributed by atoms with Gasteiger partial charge in [-0.1, -0.05) is 72.8 Å². The SMILES string of the molecule is CC1OB(c2cc(-c3ccccc3)cc(-c3ccccc3)c2)OC1C. The molecular formula is C22H21BO2. The molecule has 25 heavy (non-hydrogen) atoms. The summed E-state index contributed by atoms with van der Waals surface area (Å²) in [7, 11) is -0.309. The van der Waals surface area contributed by atoms with Crippen molar-refractivity contribution in [2.24, 2.45) is 0 Å². The fourth-order valence-electron chi connectivity index (χ4n) is 3.18. The van der Waals surface area contributed by atoms with Gasteiger partial charge in [-0.05, 0) is 47.6 Å². The maximum Gasteiger partial charge on any atom is 0.494 e. The second-order valence-electron chi connectivity index (χ2n) is 6.59. The summed E-state index contributed by atoms with van der Waals surface area (Å²) >= 11 is 0. The molecule has 1 aliphatic heterocycles. The minimum atomic E-state index is -0.309. The summed E-state index contributed by atoms with van der Waals surface area (Å²) in [4.78, 5) is 0. The zero-order chi connectivity index (χ0) is 17.2. The molecule has 1 heterocycles. The predicted molar refractivity (Wildman–Crippen MR) is 104 cm³/mol. The summed E-state index contributed by atoms with van der Waals surface area (Å²) in [6, 6.07) is 27.5. The fourth-order valence-corrected chi connectivity index (χ4v) is 3.18. The Morgan fingerprint density at radius 1 is 0.600 bits per heavy atom. The van der Waals surface area contributed by atoms with Crippen molar-refractivity contribution >= 4 is 12.6 Å². The van der Waals surface area contributed by atoms with Crippen molar-refractivity contribution < 1.29 is 9.31 Å². The van der Waals surface area contributed by atoms with Crippen molar-refractivity contribution in [3.63, 3.8) is 0 Å². The van der Waals surface area contributed by atoms with E-state index in [2.05, 4.69) is 80.6 Å². The zero-order valence-corrected chi connectivity index (χ0v) is 14.6. The normalized spacial score (nSPS) is 20.0. The highest BCUT2D eigenvalue weighted by atomic mass is 16.7. The van der Waals surface area contributed by atoms with E-state index >= 15 is 0 Å². The van der Waals surface area contributed by atoms with E-state index in [4.69, 9.17) is 9.31 Å². The topological polar surface area (TPSA) is 18.5 Å². The Bertz CT molecular complexity index is 781. The lowest BCUT2D eigenvalue weighted by molar-refractivity contribution is 0.187. The molecule has 2 unspecified atom stereocenters. The van der Waals surface area contributed by atoms with Gasteiger partial charge in [-0.15, -0.1) is 0 Å². The van der Waals surface area contributed by atoms with Crippen LogP contribution in [-0.4, -0.2) is 19.3 Å². The Balaban J connectivity index is 1.81. The minimum absolute atomic E-state index is 0.102. The largest absolute Gasteiger partial charge is 0.494 e. The molecule has 1 saturated heterocycles. The predicted octanol–water partition coefficient (Wildman–Crippen LogP) is 4.54. The molecule has 3 heteroatoms. The van der Waals surface area contributed by atoms with E-state index in [0.717, 1.165) is 5.46 Å². The van der Waals surface area contributed by atoms with Crippen LogP contribution in [0.4, 0.5) is 0 Å². The minimum Gasteiger partial charge on any atom is -0.402 e. The Morgan fingerprint density at radius 2 is 1.04 bits per heavy atom. The van der Waals surface area contributed by atoms with Gasteiger partial charge >= 0.3 is 7.12 Å². The third kappa shape index (κ3) is 3.39. The molecule has 0 aromatic heterocycles. The van der Waals surface area contributed by atoms with Gasteiger partial charge in [-0.2, -0.15) is 0 Å². The average molecular weight is 328 g/mol. The van der Waals surface area contributed by atoms with Gasteiger partial charge in [0.2, 0.25) is 0 Å². The van der Waals surface area contributed by atoms with E-state index in [0.29, 0.717) is 0 Å². The first-order valence-electron chi connectivity index (χ1n) is 8.77. The van der Waals surface area contributed by atoms with Crippen LogP contribution < -0.4 is 5.46 Å². The summed E-state index contributed by atoms with van der Waals surface area (Å²) in [6.45, 7) is 4.12. The van der Waals surface area contributed by atoms with Gasteiger partial charge in [-0.3, -0.25) is 0 Å². The lowest BCUT2D eigenvalue weighted by atomic mass is 9.76. The Hall–Kier alpha value is -2.36. The lowest BCUT2D eigenvalue weighted by Crippen LogP contribution is -2.32.